The van der Waals surface area contributed by atoms with Crippen LogP contribution in [0.25, 0.3) is 0 Å². The minimum Gasteiger partial charge on any atom is -0.481 e. The van der Waals surface area contributed by atoms with Crippen molar-refractivity contribution in [2.45, 2.75) is 39.8 Å². The summed E-state index contributed by atoms with van der Waals surface area (Å²) in [6.07, 6.45) is -0.561. The van der Waals surface area contributed by atoms with E-state index >= 15 is 0 Å². The molecule has 0 radical (unpaired) electrons. The summed E-state index contributed by atoms with van der Waals surface area (Å²) in [4.78, 5) is 27.2. The van der Waals surface area contributed by atoms with Crippen LogP contribution in [0.5, 0.6) is 5.75 Å². The van der Waals surface area contributed by atoms with E-state index < -0.39 is 18.1 Å². The maximum absolute atomic E-state index is 12.6. The van der Waals surface area contributed by atoms with Gasteiger partial charge in [0.25, 0.3) is 5.91 Å². The van der Waals surface area contributed by atoms with Crippen LogP contribution in [-0.4, -0.2) is 65.1 Å². The molecule has 1 aromatic rings. The monoisotopic (exact) mass is 334 g/mol. The van der Waals surface area contributed by atoms with Crippen LogP contribution in [0.3, 0.4) is 0 Å². The zero-order chi connectivity index (χ0) is 17.9. The van der Waals surface area contributed by atoms with Gasteiger partial charge in [-0.15, -0.1) is 0 Å². The molecular formula is C18H26N2O4. The van der Waals surface area contributed by atoms with Crippen molar-refractivity contribution in [3.63, 3.8) is 0 Å². The number of carbonyl (C=O) groups is 2. The number of carbonyl (C=O) groups excluding carboxylic acids is 1. The number of aryl methyl sites for hydroxylation is 2. The summed E-state index contributed by atoms with van der Waals surface area (Å²) in [7, 11) is 0. The first-order chi connectivity index (χ1) is 11.3. The Kier molecular flexibility index (Phi) is 5.83. The van der Waals surface area contributed by atoms with Crippen molar-refractivity contribution in [2.24, 2.45) is 0 Å². The molecule has 24 heavy (non-hydrogen) atoms. The lowest BCUT2D eigenvalue weighted by molar-refractivity contribution is -0.145. The molecule has 0 bridgehead atoms. The molecule has 132 valence electrons. The van der Waals surface area contributed by atoms with Gasteiger partial charge in [-0.1, -0.05) is 12.1 Å². The maximum Gasteiger partial charge on any atom is 0.320 e. The Morgan fingerprint density at radius 1 is 1.12 bits per heavy atom. The molecule has 0 unspecified atom stereocenters. The third-order valence-electron chi connectivity index (χ3n) is 4.53. The summed E-state index contributed by atoms with van der Waals surface area (Å²) >= 11 is 0. The smallest absolute Gasteiger partial charge is 0.320 e. The van der Waals surface area contributed by atoms with Crippen molar-refractivity contribution in [2.75, 3.05) is 26.2 Å². The minimum absolute atomic E-state index is 0.0569. The first kappa shape index (κ1) is 18.3. The van der Waals surface area contributed by atoms with Crippen LogP contribution in [0.4, 0.5) is 0 Å². The Balaban J connectivity index is 1.92. The molecule has 1 amide bonds. The van der Waals surface area contributed by atoms with Crippen LogP contribution in [0, 0.1) is 13.8 Å². The van der Waals surface area contributed by atoms with Gasteiger partial charge < -0.3 is 14.7 Å². The Labute approximate surface area is 143 Å². The lowest BCUT2D eigenvalue weighted by atomic mass is 10.1. The van der Waals surface area contributed by atoms with E-state index in [9.17, 15) is 9.59 Å². The van der Waals surface area contributed by atoms with Gasteiger partial charge in [0, 0.05) is 26.2 Å². The quantitative estimate of drug-likeness (QED) is 0.887. The van der Waals surface area contributed by atoms with E-state index in [0.29, 0.717) is 26.2 Å². The zero-order valence-corrected chi connectivity index (χ0v) is 14.8. The van der Waals surface area contributed by atoms with Gasteiger partial charge in [0.2, 0.25) is 0 Å². The van der Waals surface area contributed by atoms with Crippen LogP contribution >= 0.6 is 0 Å². The molecule has 1 fully saturated rings. The highest BCUT2D eigenvalue weighted by atomic mass is 16.5. The molecule has 1 saturated heterocycles. The van der Waals surface area contributed by atoms with E-state index in [4.69, 9.17) is 9.84 Å². The van der Waals surface area contributed by atoms with E-state index in [1.165, 1.54) is 0 Å². The largest absolute Gasteiger partial charge is 0.481 e. The van der Waals surface area contributed by atoms with Gasteiger partial charge in [-0.3, -0.25) is 14.5 Å². The predicted molar refractivity (Wildman–Crippen MR) is 91.3 cm³/mol. The highest BCUT2D eigenvalue weighted by molar-refractivity contribution is 5.81. The predicted octanol–water partition coefficient (Wildman–Crippen LogP) is 1.69. The number of nitrogens with zero attached hydrogens (tertiary/aromatic N) is 2. The summed E-state index contributed by atoms with van der Waals surface area (Å²) in [5, 5.41) is 9.07. The highest BCUT2D eigenvalue weighted by Gasteiger charge is 2.29. The molecule has 1 aromatic carbocycles. The zero-order valence-electron chi connectivity index (χ0n) is 14.8. The van der Waals surface area contributed by atoms with E-state index in [-0.39, 0.29) is 5.91 Å². The fourth-order valence-corrected chi connectivity index (χ4v) is 2.82. The summed E-state index contributed by atoms with van der Waals surface area (Å²) in [6, 6.07) is 5.41. The number of benzene rings is 1. The number of aliphatic carboxylic acids is 1. The molecule has 2 atom stereocenters. The van der Waals surface area contributed by atoms with Crippen LogP contribution in [0.15, 0.2) is 18.2 Å². The second-order valence-electron chi connectivity index (χ2n) is 6.40. The average Bonchev–Trinajstić information content (AvgIpc) is 2.56. The van der Waals surface area contributed by atoms with Gasteiger partial charge in [0.1, 0.15) is 11.8 Å². The number of carboxylic acid groups (broad SMARTS) is 1. The van der Waals surface area contributed by atoms with Gasteiger partial charge in [-0.25, -0.2) is 0 Å². The van der Waals surface area contributed by atoms with Crippen molar-refractivity contribution in [1.29, 1.82) is 0 Å². The van der Waals surface area contributed by atoms with E-state index in [1.54, 1.807) is 18.7 Å². The minimum atomic E-state index is -0.832. The van der Waals surface area contributed by atoms with E-state index in [2.05, 4.69) is 0 Å². The third kappa shape index (κ3) is 4.26. The number of rotatable bonds is 5. The van der Waals surface area contributed by atoms with Crippen molar-refractivity contribution < 1.29 is 19.4 Å². The fourth-order valence-electron chi connectivity index (χ4n) is 2.82. The normalized spacial score (nSPS) is 18.1. The third-order valence-corrected chi connectivity index (χ3v) is 4.53. The molecule has 6 nitrogen and oxygen atoms in total. The van der Waals surface area contributed by atoms with Crippen LogP contribution < -0.4 is 4.74 Å². The van der Waals surface area contributed by atoms with Gasteiger partial charge in [-0.05, 0) is 44.9 Å². The first-order valence-electron chi connectivity index (χ1n) is 8.29. The molecule has 1 N–H and O–H groups in total. The SMILES string of the molecule is Cc1ccc(C)c(O[C@H](C)C(=O)N2CCN([C@@H](C)C(=O)O)CC2)c1. The molecule has 0 aliphatic carbocycles. The summed E-state index contributed by atoms with van der Waals surface area (Å²) < 4.78 is 5.85. The van der Waals surface area contributed by atoms with Crippen LogP contribution in [-0.2, 0) is 9.59 Å². The molecule has 1 heterocycles. The molecule has 1 aliphatic heterocycles. The molecule has 0 aromatic heterocycles. The number of hydrogen-bond donors (Lipinski definition) is 1. The van der Waals surface area contributed by atoms with Crippen molar-refractivity contribution in [3.05, 3.63) is 29.3 Å². The second-order valence-corrected chi connectivity index (χ2v) is 6.40. The number of ether oxygens (including phenoxy) is 1. The van der Waals surface area contributed by atoms with Gasteiger partial charge >= 0.3 is 5.97 Å². The summed E-state index contributed by atoms with van der Waals surface area (Å²) in [5.74, 6) is -0.158. The highest BCUT2D eigenvalue weighted by Crippen LogP contribution is 2.21. The topological polar surface area (TPSA) is 70.1 Å². The standard InChI is InChI=1S/C18H26N2O4/c1-12-5-6-13(2)16(11-12)24-15(4)17(21)20-9-7-19(8-10-20)14(3)18(22)23/h5-6,11,14-15H,7-10H2,1-4H3,(H,22,23)/t14-,15+/m0/s1. The number of hydrogen-bond acceptors (Lipinski definition) is 4. The van der Waals surface area contributed by atoms with E-state index in [0.717, 1.165) is 16.9 Å². The molecule has 2 rings (SSSR count). The van der Waals surface area contributed by atoms with E-state index in [1.807, 2.05) is 36.9 Å². The van der Waals surface area contributed by atoms with Gasteiger partial charge in [0.15, 0.2) is 6.10 Å². The number of amides is 1. The van der Waals surface area contributed by atoms with Crippen molar-refractivity contribution in [1.82, 2.24) is 9.80 Å². The second kappa shape index (κ2) is 7.66. The van der Waals surface area contributed by atoms with Crippen molar-refractivity contribution in [3.8, 4) is 5.75 Å². The Morgan fingerprint density at radius 3 is 2.33 bits per heavy atom. The molecular weight excluding hydrogens is 308 g/mol. The number of piperazine rings is 1. The molecule has 0 saturated carbocycles. The lowest BCUT2D eigenvalue weighted by Gasteiger charge is -2.37. The van der Waals surface area contributed by atoms with Gasteiger partial charge in [-0.2, -0.15) is 0 Å². The fraction of sp³-hybridized carbons (Fsp3) is 0.556. The van der Waals surface area contributed by atoms with Crippen molar-refractivity contribution >= 4 is 11.9 Å². The molecule has 1 aliphatic rings. The maximum atomic E-state index is 12.6. The Morgan fingerprint density at radius 2 is 1.75 bits per heavy atom. The van der Waals surface area contributed by atoms with Crippen LogP contribution in [0.2, 0.25) is 0 Å². The lowest BCUT2D eigenvalue weighted by Crippen LogP contribution is -2.55. The number of carboxylic acids is 1. The van der Waals surface area contributed by atoms with Gasteiger partial charge in [0.05, 0.1) is 0 Å². The average molecular weight is 334 g/mol. The van der Waals surface area contributed by atoms with Crippen LogP contribution in [0.1, 0.15) is 25.0 Å². The summed E-state index contributed by atoms with van der Waals surface area (Å²) in [6.45, 7) is 9.56. The Bertz CT molecular complexity index is 609. The molecule has 6 heteroatoms. The summed E-state index contributed by atoms with van der Waals surface area (Å²) in [5.41, 5.74) is 2.09. The first-order valence-corrected chi connectivity index (χ1v) is 8.29. The Hall–Kier alpha value is -2.08. The molecule has 0 spiro atoms.